The summed E-state index contributed by atoms with van der Waals surface area (Å²) in [6.45, 7) is -0.468. The first kappa shape index (κ1) is 15.2. The Hall–Kier alpha value is -2.82. The van der Waals surface area contributed by atoms with Gasteiger partial charge in [0, 0.05) is 13.0 Å². The normalized spacial score (nSPS) is 10.1. The Morgan fingerprint density at radius 1 is 1.00 bits per heavy atom. The molecule has 0 unspecified atom stereocenters. The lowest BCUT2D eigenvalue weighted by Crippen LogP contribution is -2.06. The molecule has 0 saturated heterocycles. The average molecular weight is 287 g/mol. The number of hydrogen-bond acceptors (Lipinski definition) is 8. The maximum atomic E-state index is 10.8. The van der Waals surface area contributed by atoms with Crippen molar-refractivity contribution in [2.45, 2.75) is 6.42 Å². The van der Waals surface area contributed by atoms with E-state index in [-0.39, 0.29) is 19.6 Å². The maximum Gasteiger partial charge on any atom is 0.325 e. The summed E-state index contributed by atoms with van der Waals surface area (Å²) in [5, 5.41) is 40.9. The minimum Gasteiger partial charge on any atom is -0.482 e. The van der Waals surface area contributed by atoms with Gasteiger partial charge in [-0.25, -0.2) is 0 Å². The van der Waals surface area contributed by atoms with E-state index in [9.17, 15) is 30.3 Å². The largest absolute Gasteiger partial charge is 0.482 e. The van der Waals surface area contributed by atoms with Crippen molar-refractivity contribution >= 4 is 17.1 Å². The van der Waals surface area contributed by atoms with Crippen LogP contribution in [-0.2, 0) is 0 Å². The molecule has 20 heavy (non-hydrogen) atoms. The summed E-state index contributed by atoms with van der Waals surface area (Å²) in [6.07, 6.45) is 0.102. The van der Waals surface area contributed by atoms with Crippen LogP contribution in [0.4, 0.5) is 17.1 Å². The zero-order chi connectivity index (χ0) is 15.3. The number of aliphatic hydroxyl groups is 1. The molecular formula is C9H9N3O8. The first-order valence-corrected chi connectivity index (χ1v) is 5.23. The molecule has 1 aromatic carbocycles. The van der Waals surface area contributed by atoms with E-state index in [0.29, 0.717) is 12.1 Å². The SMILES string of the molecule is O=[N+]([O-])c1cc([N+](=O)[O-])c(OCCCO)c([N+](=O)[O-])c1. The van der Waals surface area contributed by atoms with Crippen LogP contribution >= 0.6 is 0 Å². The van der Waals surface area contributed by atoms with E-state index in [4.69, 9.17) is 9.84 Å². The lowest BCUT2D eigenvalue weighted by molar-refractivity contribution is -0.404. The van der Waals surface area contributed by atoms with Crippen LogP contribution < -0.4 is 4.74 Å². The Morgan fingerprint density at radius 2 is 1.50 bits per heavy atom. The molecule has 0 heterocycles. The minimum absolute atomic E-state index is 0.102. The molecule has 11 nitrogen and oxygen atoms in total. The molecule has 0 radical (unpaired) electrons. The molecule has 0 atom stereocenters. The molecule has 1 rings (SSSR count). The number of aliphatic hydroxyl groups excluding tert-OH is 1. The second-order valence-corrected chi connectivity index (χ2v) is 3.51. The minimum atomic E-state index is -1.01. The molecule has 1 N–H and O–H groups in total. The van der Waals surface area contributed by atoms with Gasteiger partial charge in [0.25, 0.3) is 11.4 Å². The highest BCUT2D eigenvalue weighted by molar-refractivity contribution is 5.65. The molecule has 0 aliphatic rings. The average Bonchev–Trinajstić information content (AvgIpc) is 2.37. The van der Waals surface area contributed by atoms with Crippen LogP contribution in [-0.4, -0.2) is 33.1 Å². The topological polar surface area (TPSA) is 159 Å². The number of nitrogens with zero attached hydrogens (tertiary/aromatic N) is 3. The van der Waals surface area contributed by atoms with E-state index in [0.717, 1.165) is 0 Å². The Bertz CT molecular complexity index is 523. The number of rotatable bonds is 7. The van der Waals surface area contributed by atoms with Gasteiger partial charge in [-0.3, -0.25) is 30.3 Å². The van der Waals surface area contributed by atoms with Gasteiger partial charge in [0.05, 0.1) is 33.5 Å². The van der Waals surface area contributed by atoms with Crippen molar-refractivity contribution in [1.29, 1.82) is 0 Å². The van der Waals surface area contributed by atoms with E-state index in [1.807, 2.05) is 0 Å². The van der Waals surface area contributed by atoms with Gasteiger partial charge in [0.2, 0.25) is 0 Å². The van der Waals surface area contributed by atoms with Crippen molar-refractivity contribution in [3.8, 4) is 5.75 Å². The summed E-state index contributed by atoms with van der Waals surface area (Å²) in [6, 6.07) is 1.17. The zero-order valence-electron chi connectivity index (χ0n) is 9.92. The molecule has 0 aliphatic heterocycles. The molecule has 108 valence electrons. The van der Waals surface area contributed by atoms with Crippen LogP contribution in [0.5, 0.6) is 5.75 Å². The van der Waals surface area contributed by atoms with Crippen molar-refractivity contribution in [3.05, 3.63) is 42.5 Å². The number of nitro benzene ring substituents is 3. The Labute approximate surface area is 110 Å². The van der Waals surface area contributed by atoms with Crippen molar-refractivity contribution in [3.63, 3.8) is 0 Å². The fraction of sp³-hybridized carbons (Fsp3) is 0.333. The molecule has 11 heteroatoms. The predicted molar refractivity (Wildman–Crippen MR) is 63.6 cm³/mol. The summed E-state index contributed by atoms with van der Waals surface area (Å²) in [5.74, 6) is -0.668. The van der Waals surface area contributed by atoms with Crippen LogP contribution in [0.3, 0.4) is 0 Å². The number of hydrogen-bond donors (Lipinski definition) is 1. The highest BCUT2D eigenvalue weighted by atomic mass is 16.6. The fourth-order valence-electron chi connectivity index (χ4n) is 1.35. The molecule has 0 fully saturated rings. The van der Waals surface area contributed by atoms with Gasteiger partial charge in [-0.15, -0.1) is 0 Å². The predicted octanol–water partition coefficient (Wildman–Crippen LogP) is 1.17. The van der Waals surface area contributed by atoms with Crippen molar-refractivity contribution in [2.75, 3.05) is 13.2 Å². The third-order valence-electron chi connectivity index (χ3n) is 2.19. The van der Waals surface area contributed by atoms with Gasteiger partial charge in [0.15, 0.2) is 0 Å². The Kier molecular flexibility index (Phi) is 4.86. The first-order valence-electron chi connectivity index (χ1n) is 5.23. The smallest absolute Gasteiger partial charge is 0.325 e. The van der Waals surface area contributed by atoms with Crippen molar-refractivity contribution < 1.29 is 24.6 Å². The highest BCUT2D eigenvalue weighted by Gasteiger charge is 2.32. The van der Waals surface area contributed by atoms with Crippen LogP contribution in [0.25, 0.3) is 0 Å². The third-order valence-corrected chi connectivity index (χ3v) is 2.19. The molecule has 0 bridgehead atoms. The van der Waals surface area contributed by atoms with Gasteiger partial charge in [-0.05, 0) is 0 Å². The Balaban J connectivity index is 3.39. The summed E-state index contributed by atoms with van der Waals surface area (Å²) >= 11 is 0. The van der Waals surface area contributed by atoms with Crippen LogP contribution in [0.2, 0.25) is 0 Å². The van der Waals surface area contributed by atoms with E-state index in [1.54, 1.807) is 0 Å². The number of ether oxygens (including phenoxy) is 1. The summed E-state index contributed by atoms with van der Waals surface area (Å²) in [4.78, 5) is 29.3. The van der Waals surface area contributed by atoms with E-state index >= 15 is 0 Å². The monoisotopic (exact) mass is 287 g/mol. The second-order valence-electron chi connectivity index (χ2n) is 3.51. The molecule has 0 amide bonds. The molecule has 0 aliphatic carbocycles. The third kappa shape index (κ3) is 3.35. The van der Waals surface area contributed by atoms with Gasteiger partial charge >= 0.3 is 11.4 Å². The van der Waals surface area contributed by atoms with Gasteiger partial charge in [0.1, 0.15) is 0 Å². The number of benzene rings is 1. The second kappa shape index (κ2) is 6.38. The molecule has 0 aromatic heterocycles. The van der Waals surface area contributed by atoms with Crippen LogP contribution in [0, 0.1) is 30.3 Å². The fourth-order valence-corrected chi connectivity index (χ4v) is 1.35. The van der Waals surface area contributed by atoms with E-state index < -0.39 is 37.6 Å². The first-order chi connectivity index (χ1) is 9.38. The standard InChI is InChI=1S/C9H9N3O8/c13-2-1-3-20-9-7(11(16)17)4-6(10(14)15)5-8(9)12(18)19/h4-5,13H,1-3H2. The quantitative estimate of drug-likeness (QED) is 0.444. The lowest BCUT2D eigenvalue weighted by atomic mass is 10.2. The molecule has 0 spiro atoms. The zero-order valence-corrected chi connectivity index (χ0v) is 9.92. The number of nitro groups is 3. The van der Waals surface area contributed by atoms with Crippen molar-refractivity contribution in [1.82, 2.24) is 0 Å². The van der Waals surface area contributed by atoms with Gasteiger partial charge in [-0.2, -0.15) is 0 Å². The number of non-ortho nitro benzene ring substituents is 1. The molecule has 1 aromatic rings. The molecule has 0 saturated carbocycles. The summed E-state index contributed by atoms with van der Waals surface area (Å²) < 4.78 is 4.90. The van der Waals surface area contributed by atoms with E-state index in [2.05, 4.69) is 0 Å². The van der Waals surface area contributed by atoms with Crippen LogP contribution in [0.15, 0.2) is 12.1 Å². The van der Waals surface area contributed by atoms with Gasteiger partial charge < -0.3 is 9.84 Å². The maximum absolute atomic E-state index is 10.8. The summed E-state index contributed by atoms with van der Waals surface area (Å²) in [5.41, 5.74) is -2.52. The Morgan fingerprint density at radius 3 is 1.85 bits per heavy atom. The lowest BCUT2D eigenvalue weighted by Gasteiger charge is -2.06. The van der Waals surface area contributed by atoms with E-state index in [1.165, 1.54) is 0 Å². The van der Waals surface area contributed by atoms with Crippen molar-refractivity contribution in [2.24, 2.45) is 0 Å². The van der Waals surface area contributed by atoms with Crippen LogP contribution in [0.1, 0.15) is 6.42 Å². The van der Waals surface area contributed by atoms with Gasteiger partial charge in [-0.1, -0.05) is 0 Å². The summed E-state index contributed by atoms with van der Waals surface area (Å²) in [7, 11) is 0. The molecular weight excluding hydrogens is 278 g/mol. The highest BCUT2D eigenvalue weighted by Crippen LogP contribution is 2.40.